The van der Waals surface area contributed by atoms with Crippen LogP contribution in [0.15, 0.2) is 65.8 Å². The van der Waals surface area contributed by atoms with Crippen LogP contribution >= 0.6 is 0 Å². The molecule has 2 N–H and O–H groups in total. The minimum atomic E-state index is -1.21. The van der Waals surface area contributed by atoms with Gasteiger partial charge in [0.2, 0.25) is 11.7 Å². The van der Waals surface area contributed by atoms with Crippen LogP contribution in [0.5, 0.6) is 17.2 Å². The number of rotatable bonds is 8. The molecule has 2 amide bonds. The number of carbonyl (C=O) groups excluding carboxylic acids is 1. The van der Waals surface area contributed by atoms with Gasteiger partial charge in [-0.3, -0.25) is 14.2 Å². The Kier molecular flexibility index (Phi) is 8.82. The number of hydrogen-bond donors (Lipinski definition) is 2. The maximum absolute atomic E-state index is 13.8. The van der Waals surface area contributed by atoms with Crippen molar-refractivity contribution in [3.05, 3.63) is 77.0 Å². The van der Waals surface area contributed by atoms with Crippen molar-refractivity contribution in [3.63, 3.8) is 0 Å². The summed E-state index contributed by atoms with van der Waals surface area (Å²) in [6.45, 7) is 1.26. The molecule has 2 atom stereocenters. The second-order valence-corrected chi connectivity index (χ2v) is 12.2. The van der Waals surface area contributed by atoms with E-state index in [1.165, 1.54) is 37.1 Å². The Morgan fingerprint density at radius 2 is 1.64 bits per heavy atom. The first-order chi connectivity index (χ1) is 22.7. The average Bonchev–Trinajstić information content (AvgIpc) is 3.54. The highest BCUT2D eigenvalue weighted by Gasteiger charge is 2.41. The van der Waals surface area contributed by atoms with Crippen molar-refractivity contribution < 1.29 is 34.0 Å². The number of aromatic nitrogens is 3. The molecule has 2 aromatic heterocycles. The minimum Gasteiger partial charge on any atom is -0.493 e. The Labute approximate surface area is 271 Å². The summed E-state index contributed by atoms with van der Waals surface area (Å²) in [6.07, 6.45) is 3.21. The summed E-state index contributed by atoms with van der Waals surface area (Å²) in [5.41, 5.74) is 0.546. The highest BCUT2D eigenvalue weighted by Crippen LogP contribution is 2.40. The minimum absolute atomic E-state index is 0.0284. The maximum atomic E-state index is 13.8. The molecule has 0 saturated carbocycles. The highest BCUT2D eigenvalue weighted by atomic mass is 16.5. The number of fused-ring (bicyclic) bond motifs is 1. The van der Waals surface area contributed by atoms with E-state index in [2.05, 4.69) is 4.98 Å². The number of amides is 2. The van der Waals surface area contributed by atoms with Gasteiger partial charge >= 0.3 is 6.09 Å². The first kappa shape index (κ1) is 31.9. The molecule has 13 heteroatoms. The van der Waals surface area contributed by atoms with Gasteiger partial charge in [0, 0.05) is 56.3 Å². The number of nitrogens with zero attached hydrogens (tertiary/aromatic N) is 5. The number of piperidine rings is 2. The second kappa shape index (κ2) is 13.0. The molecule has 248 valence electrons. The van der Waals surface area contributed by atoms with Gasteiger partial charge in [0.05, 0.1) is 44.5 Å². The topological polar surface area (TPSA) is 149 Å². The van der Waals surface area contributed by atoms with Gasteiger partial charge in [-0.25, -0.2) is 9.78 Å². The van der Waals surface area contributed by atoms with E-state index in [0.29, 0.717) is 72.9 Å². The summed E-state index contributed by atoms with van der Waals surface area (Å²) in [5.74, 6) is 0.738. The second-order valence-electron chi connectivity index (χ2n) is 12.2. The fraction of sp³-hybridized carbons (Fsp3) is 0.412. The predicted molar refractivity (Wildman–Crippen MR) is 173 cm³/mol. The van der Waals surface area contributed by atoms with Crippen LogP contribution < -0.4 is 19.8 Å². The Hall–Kier alpha value is -5.04. The van der Waals surface area contributed by atoms with E-state index in [1.807, 2.05) is 30.3 Å². The standard InChI is InChI=1S/C34H39N5O8/c1-45-27-17-23(18-28(46-2)29(27)47-3)39-14-10-25-30(39)35-21-38(32(25)41)20-34(44)11-15-36(16-12-34)31(40)24-9-13-37(33(42)43)19-26(24)22-7-5-4-6-8-22/h4-8,10,14,17-18,21,24,26,44H,9,11-13,15-16,19-20H2,1-3H3,(H,42,43)/t24-,26+/m1/s1. The number of aliphatic hydroxyl groups is 1. The van der Waals surface area contributed by atoms with Gasteiger partial charge in [0.25, 0.3) is 5.56 Å². The Balaban J connectivity index is 1.17. The molecule has 0 unspecified atom stereocenters. The van der Waals surface area contributed by atoms with Gasteiger partial charge in [-0.2, -0.15) is 0 Å². The summed E-state index contributed by atoms with van der Waals surface area (Å²) in [4.78, 5) is 46.8. The van der Waals surface area contributed by atoms with Crippen LogP contribution in [0.3, 0.4) is 0 Å². The molecule has 0 bridgehead atoms. The zero-order valence-electron chi connectivity index (χ0n) is 26.7. The zero-order valence-corrected chi connectivity index (χ0v) is 26.7. The number of likely N-dealkylation sites (tertiary alicyclic amines) is 2. The molecule has 2 aliphatic rings. The van der Waals surface area contributed by atoms with Crippen LogP contribution in [0.2, 0.25) is 0 Å². The van der Waals surface area contributed by atoms with Crippen molar-refractivity contribution in [2.45, 2.75) is 37.3 Å². The van der Waals surface area contributed by atoms with Gasteiger partial charge in [-0.15, -0.1) is 0 Å². The van der Waals surface area contributed by atoms with Gasteiger partial charge in [-0.1, -0.05) is 30.3 Å². The largest absolute Gasteiger partial charge is 0.493 e. The van der Waals surface area contributed by atoms with Crippen LogP contribution in [0.1, 0.15) is 30.7 Å². The Bertz CT molecular complexity index is 1800. The number of methoxy groups -OCH3 is 3. The summed E-state index contributed by atoms with van der Waals surface area (Å²) in [6, 6.07) is 14.8. The molecule has 2 aromatic carbocycles. The molecule has 47 heavy (non-hydrogen) atoms. The lowest BCUT2D eigenvalue weighted by Crippen LogP contribution is -2.53. The van der Waals surface area contributed by atoms with Crippen molar-refractivity contribution in [2.24, 2.45) is 5.92 Å². The van der Waals surface area contributed by atoms with E-state index < -0.39 is 11.7 Å². The quantitative estimate of drug-likeness (QED) is 0.294. The van der Waals surface area contributed by atoms with Crippen molar-refractivity contribution in [3.8, 4) is 22.9 Å². The average molecular weight is 646 g/mol. The molecule has 2 fully saturated rings. The van der Waals surface area contributed by atoms with Crippen LogP contribution in [-0.2, 0) is 11.3 Å². The lowest BCUT2D eigenvalue weighted by Gasteiger charge is -2.42. The van der Waals surface area contributed by atoms with Crippen molar-refractivity contribution in [2.75, 3.05) is 47.5 Å². The van der Waals surface area contributed by atoms with Crippen molar-refractivity contribution in [1.82, 2.24) is 23.9 Å². The highest BCUT2D eigenvalue weighted by molar-refractivity contribution is 5.81. The molecule has 4 heterocycles. The fourth-order valence-corrected chi connectivity index (χ4v) is 6.89. The van der Waals surface area contributed by atoms with Gasteiger partial charge in [0.15, 0.2) is 17.1 Å². The SMILES string of the molecule is COc1cc(-n2ccc3c(=O)n(CC4(O)CCN(C(=O)[C@@H]5CCN(C(=O)O)C[C@H]5c5ccccc5)CC4)cnc32)cc(OC)c1OC. The zero-order chi connectivity index (χ0) is 33.3. The van der Waals surface area contributed by atoms with E-state index >= 15 is 0 Å². The third-order valence-electron chi connectivity index (χ3n) is 9.50. The van der Waals surface area contributed by atoms with Gasteiger partial charge in [-0.05, 0) is 30.9 Å². The number of carbonyl (C=O) groups is 2. The summed E-state index contributed by atoms with van der Waals surface area (Å²) < 4.78 is 19.6. The molecule has 0 aliphatic carbocycles. The van der Waals surface area contributed by atoms with E-state index in [4.69, 9.17) is 14.2 Å². The van der Waals surface area contributed by atoms with E-state index in [-0.39, 0.29) is 36.4 Å². The molecule has 0 spiro atoms. The molecule has 13 nitrogen and oxygen atoms in total. The first-order valence-electron chi connectivity index (χ1n) is 15.6. The van der Waals surface area contributed by atoms with Crippen molar-refractivity contribution >= 4 is 23.0 Å². The maximum Gasteiger partial charge on any atom is 0.407 e. The summed E-state index contributed by atoms with van der Waals surface area (Å²) in [7, 11) is 4.59. The van der Waals surface area contributed by atoms with Crippen LogP contribution in [0.25, 0.3) is 16.7 Å². The number of benzene rings is 2. The van der Waals surface area contributed by atoms with E-state index in [0.717, 1.165) is 5.56 Å². The lowest BCUT2D eigenvalue weighted by molar-refractivity contribution is -0.142. The molecule has 4 aromatic rings. The third-order valence-corrected chi connectivity index (χ3v) is 9.50. The fourth-order valence-electron chi connectivity index (χ4n) is 6.89. The molecule has 6 rings (SSSR count). The lowest BCUT2D eigenvalue weighted by atomic mass is 9.79. The van der Waals surface area contributed by atoms with Crippen molar-refractivity contribution in [1.29, 1.82) is 0 Å². The van der Waals surface area contributed by atoms with Gasteiger partial charge < -0.3 is 38.8 Å². The number of ether oxygens (including phenoxy) is 3. The number of carboxylic acid groups (broad SMARTS) is 1. The normalized spacial score (nSPS) is 19.4. The van der Waals surface area contributed by atoms with Crippen LogP contribution in [0, 0.1) is 5.92 Å². The first-order valence-corrected chi connectivity index (χ1v) is 15.6. The Morgan fingerprint density at radius 1 is 0.957 bits per heavy atom. The molecule has 2 saturated heterocycles. The molecule has 2 aliphatic heterocycles. The Morgan fingerprint density at radius 3 is 2.26 bits per heavy atom. The van der Waals surface area contributed by atoms with E-state index in [9.17, 15) is 24.6 Å². The summed E-state index contributed by atoms with van der Waals surface area (Å²) >= 11 is 0. The summed E-state index contributed by atoms with van der Waals surface area (Å²) in [5, 5.41) is 21.6. The molecule has 0 radical (unpaired) electrons. The van der Waals surface area contributed by atoms with E-state index in [1.54, 1.807) is 33.9 Å². The van der Waals surface area contributed by atoms with Crippen LogP contribution in [-0.4, -0.2) is 99.2 Å². The molecular weight excluding hydrogens is 606 g/mol. The monoisotopic (exact) mass is 645 g/mol. The van der Waals surface area contributed by atoms with Crippen LogP contribution in [0.4, 0.5) is 4.79 Å². The molecular formula is C34H39N5O8. The third kappa shape index (κ3) is 6.10. The predicted octanol–water partition coefficient (Wildman–Crippen LogP) is 3.35. The smallest absolute Gasteiger partial charge is 0.407 e. The van der Waals surface area contributed by atoms with Gasteiger partial charge in [0.1, 0.15) is 6.33 Å². The number of hydrogen-bond acceptors (Lipinski definition) is 8.